The van der Waals surface area contributed by atoms with Gasteiger partial charge in [-0.25, -0.2) is 0 Å². The number of likely N-dealkylation sites (tertiary alicyclic amines) is 1. The summed E-state index contributed by atoms with van der Waals surface area (Å²) in [6, 6.07) is 0.454. The van der Waals surface area contributed by atoms with E-state index in [9.17, 15) is 4.79 Å². The van der Waals surface area contributed by atoms with Crippen molar-refractivity contribution < 1.29 is 14.3 Å². The number of ketones is 1. The van der Waals surface area contributed by atoms with Gasteiger partial charge in [0.15, 0.2) is 17.6 Å². The van der Waals surface area contributed by atoms with E-state index in [-0.39, 0.29) is 34.3 Å². The third-order valence-electron chi connectivity index (χ3n) is 6.58. The standard InChI is InChI=1S/C18H20BrNO3.BrH/c1-20-6-5-18-14-9-3-4-13(22-2)16(14)23-17(18)12(21)8-10(19)15(18)11(20)7-9;/h8,11,15,17H,3-7H2,1-2H3;1H/t11-,15+,17+,18-;/m1./s1. The summed E-state index contributed by atoms with van der Waals surface area (Å²) in [7, 11) is 3.93. The number of hydrogen-bond donors (Lipinski definition) is 0. The molecule has 2 saturated heterocycles. The lowest BCUT2D eigenvalue weighted by atomic mass is 9.52. The van der Waals surface area contributed by atoms with Crippen molar-refractivity contribution in [2.75, 3.05) is 20.7 Å². The highest BCUT2D eigenvalue weighted by molar-refractivity contribution is 9.11. The number of hydrogen-bond acceptors (Lipinski definition) is 4. The largest absolute Gasteiger partial charge is 0.497 e. The van der Waals surface area contributed by atoms with E-state index in [0.29, 0.717) is 12.0 Å². The molecule has 0 N–H and O–H groups in total. The maximum Gasteiger partial charge on any atom is 0.197 e. The molecule has 0 radical (unpaired) electrons. The zero-order valence-corrected chi connectivity index (χ0v) is 17.1. The highest BCUT2D eigenvalue weighted by Gasteiger charge is 2.67. The molecule has 0 saturated carbocycles. The lowest BCUT2D eigenvalue weighted by Gasteiger charge is -2.56. The van der Waals surface area contributed by atoms with Gasteiger partial charge in [0.2, 0.25) is 0 Å². The quantitative estimate of drug-likeness (QED) is 0.602. The number of halogens is 2. The number of rotatable bonds is 1. The van der Waals surface area contributed by atoms with Crippen molar-refractivity contribution in [3.8, 4) is 0 Å². The average molecular weight is 459 g/mol. The van der Waals surface area contributed by atoms with E-state index >= 15 is 0 Å². The normalized spacial score (nSPS) is 39.9. The second kappa shape index (κ2) is 5.45. The van der Waals surface area contributed by atoms with Gasteiger partial charge in [-0.1, -0.05) is 21.5 Å². The number of carbonyl (C=O) groups is 1. The van der Waals surface area contributed by atoms with Gasteiger partial charge in [0.25, 0.3) is 0 Å². The molecular weight excluding hydrogens is 438 g/mol. The van der Waals surface area contributed by atoms with E-state index in [1.165, 1.54) is 11.1 Å². The third kappa shape index (κ3) is 1.80. The molecule has 4 nitrogen and oxygen atoms in total. The van der Waals surface area contributed by atoms with E-state index < -0.39 is 0 Å². The molecular formula is C18H21Br2NO3. The fourth-order valence-corrected chi connectivity index (χ4v) is 6.58. The minimum atomic E-state index is -0.367. The predicted octanol–water partition coefficient (Wildman–Crippen LogP) is 3.48. The van der Waals surface area contributed by atoms with Crippen LogP contribution in [0.2, 0.25) is 0 Å². The lowest BCUT2D eigenvalue weighted by Crippen LogP contribution is -2.61. The van der Waals surface area contributed by atoms with Crippen LogP contribution in [0.5, 0.6) is 0 Å². The van der Waals surface area contributed by atoms with Crippen molar-refractivity contribution in [1.82, 2.24) is 4.90 Å². The van der Waals surface area contributed by atoms with Crippen LogP contribution in [0.15, 0.2) is 33.2 Å². The Kier molecular flexibility index (Phi) is 3.83. The van der Waals surface area contributed by atoms with Crippen LogP contribution in [-0.4, -0.2) is 43.5 Å². The molecule has 6 heteroatoms. The molecule has 2 aliphatic heterocycles. The second-order valence-electron chi connectivity index (χ2n) is 7.38. The Morgan fingerprint density at radius 3 is 2.96 bits per heavy atom. The Morgan fingerprint density at radius 1 is 1.42 bits per heavy atom. The summed E-state index contributed by atoms with van der Waals surface area (Å²) in [4.78, 5) is 15.2. The average Bonchev–Trinajstić information content (AvgIpc) is 2.88. The second-order valence-corrected chi connectivity index (χ2v) is 8.30. The monoisotopic (exact) mass is 457 g/mol. The van der Waals surface area contributed by atoms with Gasteiger partial charge in [0.05, 0.1) is 12.5 Å². The third-order valence-corrected chi connectivity index (χ3v) is 7.30. The van der Waals surface area contributed by atoms with Gasteiger partial charge in [-0.3, -0.25) is 4.79 Å². The number of methoxy groups -OCH3 is 1. The maximum absolute atomic E-state index is 12.7. The number of allylic oxidation sites excluding steroid dienone is 2. The summed E-state index contributed by atoms with van der Waals surface area (Å²) in [5, 5.41) is 0. The molecule has 4 atom stereocenters. The number of carbonyl (C=O) groups excluding carboxylic acids is 1. The maximum atomic E-state index is 12.7. The van der Waals surface area contributed by atoms with Crippen molar-refractivity contribution >= 4 is 38.7 Å². The fraction of sp³-hybridized carbons (Fsp3) is 0.611. The van der Waals surface area contributed by atoms with Crippen molar-refractivity contribution in [2.45, 2.75) is 37.8 Å². The number of piperidine rings is 1. The van der Waals surface area contributed by atoms with Crippen LogP contribution < -0.4 is 0 Å². The van der Waals surface area contributed by atoms with Crippen LogP contribution in [0.1, 0.15) is 25.7 Å². The van der Waals surface area contributed by atoms with Crippen molar-refractivity contribution in [1.29, 1.82) is 0 Å². The summed E-state index contributed by atoms with van der Waals surface area (Å²) in [6.45, 7) is 1.01. The zero-order chi connectivity index (χ0) is 15.9. The summed E-state index contributed by atoms with van der Waals surface area (Å²) in [5.74, 6) is 2.22. The first-order valence-electron chi connectivity index (χ1n) is 8.35. The molecule has 0 aromatic heterocycles. The zero-order valence-electron chi connectivity index (χ0n) is 13.8. The summed E-state index contributed by atoms with van der Waals surface area (Å²) < 4.78 is 12.9. The van der Waals surface area contributed by atoms with Crippen molar-refractivity contribution in [2.24, 2.45) is 11.3 Å². The van der Waals surface area contributed by atoms with E-state index in [2.05, 4.69) is 27.9 Å². The Bertz CT molecular complexity index is 726. The topological polar surface area (TPSA) is 38.8 Å². The summed E-state index contributed by atoms with van der Waals surface area (Å²) in [5.41, 5.74) is 2.62. The van der Waals surface area contributed by atoms with E-state index in [4.69, 9.17) is 9.47 Å². The highest BCUT2D eigenvalue weighted by Crippen LogP contribution is 2.66. The molecule has 24 heavy (non-hydrogen) atoms. The minimum absolute atomic E-state index is 0. The molecule has 0 aromatic rings. The molecule has 130 valence electrons. The van der Waals surface area contributed by atoms with Gasteiger partial charge in [-0.2, -0.15) is 0 Å². The molecule has 5 rings (SSSR count). The van der Waals surface area contributed by atoms with E-state index in [0.717, 1.165) is 48.2 Å². The molecule has 0 amide bonds. The summed E-state index contributed by atoms with van der Waals surface area (Å²) >= 11 is 3.73. The Hall–Kier alpha value is -0.590. The smallest absolute Gasteiger partial charge is 0.197 e. The first-order chi connectivity index (χ1) is 11.1. The minimum Gasteiger partial charge on any atom is -0.497 e. The Labute approximate surface area is 160 Å². The SMILES string of the molecule is Br.COC1=C2O[C@H]3C(=O)C=C(Br)[C@H]4[C@H]5CC(=C2[C@@]34CCN5C)CC1. The van der Waals surface area contributed by atoms with Crippen molar-refractivity contribution in [3.05, 3.63) is 33.2 Å². The van der Waals surface area contributed by atoms with Crippen LogP contribution in [0.4, 0.5) is 0 Å². The van der Waals surface area contributed by atoms with E-state index in [1.807, 2.05) is 0 Å². The number of nitrogens with zero attached hydrogens (tertiary/aromatic N) is 1. The first kappa shape index (κ1) is 16.9. The highest BCUT2D eigenvalue weighted by atomic mass is 79.9. The Morgan fingerprint density at radius 2 is 2.21 bits per heavy atom. The molecule has 5 aliphatic rings. The van der Waals surface area contributed by atoms with Gasteiger partial charge < -0.3 is 14.4 Å². The van der Waals surface area contributed by atoms with Crippen LogP contribution in [-0.2, 0) is 14.3 Å². The molecule has 1 spiro atoms. The van der Waals surface area contributed by atoms with Gasteiger partial charge in [-0.05, 0) is 38.9 Å². The van der Waals surface area contributed by atoms with Crippen LogP contribution in [0, 0.1) is 11.3 Å². The molecule has 2 bridgehead atoms. The summed E-state index contributed by atoms with van der Waals surface area (Å²) in [6.07, 6.45) is 5.36. The number of ether oxygens (including phenoxy) is 2. The van der Waals surface area contributed by atoms with Gasteiger partial charge >= 0.3 is 0 Å². The Balaban J connectivity index is 0.00000146. The molecule has 2 fully saturated rings. The predicted molar refractivity (Wildman–Crippen MR) is 99.1 cm³/mol. The molecule has 2 heterocycles. The van der Waals surface area contributed by atoms with Crippen LogP contribution in [0.3, 0.4) is 0 Å². The van der Waals surface area contributed by atoms with Crippen LogP contribution in [0.25, 0.3) is 0 Å². The fourth-order valence-electron chi connectivity index (χ4n) is 5.65. The first-order valence-corrected chi connectivity index (χ1v) is 9.15. The molecule has 3 aliphatic carbocycles. The van der Waals surface area contributed by atoms with Crippen molar-refractivity contribution in [3.63, 3.8) is 0 Å². The van der Waals surface area contributed by atoms with E-state index in [1.54, 1.807) is 13.2 Å². The van der Waals surface area contributed by atoms with Gasteiger partial charge in [-0.15, -0.1) is 17.0 Å². The van der Waals surface area contributed by atoms with Gasteiger partial charge in [0, 0.05) is 28.4 Å². The lowest BCUT2D eigenvalue weighted by molar-refractivity contribution is -0.132. The van der Waals surface area contributed by atoms with Gasteiger partial charge in [0.1, 0.15) is 5.76 Å². The molecule has 0 unspecified atom stereocenters. The van der Waals surface area contributed by atoms with Crippen LogP contribution >= 0.6 is 32.9 Å². The molecule has 0 aromatic carbocycles.